The van der Waals surface area contributed by atoms with Crippen LogP contribution >= 0.6 is 11.3 Å². The number of carbonyl (C=O) groups is 1. The lowest BCUT2D eigenvalue weighted by molar-refractivity contribution is -0.125. The van der Waals surface area contributed by atoms with Crippen LogP contribution in [-0.2, 0) is 16.6 Å². The van der Waals surface area contributed by atoms with Crippen molar-refractivity contribution in [1.29, 1.82) is 0 Å². The average molecular weight is 410 g/mol. The lowest BCUT2D eigenvalue weighted by Crippen LogP contribution is -2.46. The molecule has 2 unspecified atom stereocenters. The van der Waals surface area contributed by atoms with Gasteiger partial charge in [0.2, 0.25) is 5.91 Å². The second kappa shape index (κ2) is 8.95. The van der Waals surface area contributed by atoms with Gasteiger partial charge in [0.15, 0.2) is 0 Å². The largest absolute Gasteiger partial charge is 0.378 e. The van der Waals surface area contributed by atoms with Crippen molar-refractivity contribution in [3.63, 3.8) is 0 Å². The van der Waals surface area contributed by atoms with E-state index in [0.717, 1.165) is 17.0 Å². The maximum absolute atomic E-state index is 13.1. The van der Waals surface area contributed by atoms with Crippen LogP contribution in [0, 0.1) is 6.92 Å². The zero-order chi connectivity index (χ0) is 20.2. The Morgan fingerprint density at radius 2 is 2.07 bits per heavy atom. The van der Waals surface area contributed by atoms with Crippen LogP contribution in [0.1, 0.15) is 33.8 Å². The van der Waals surface area contributed by atoms with Crippen molar-refractivity contribution in [2.45, 2.75) is 19.0 Å². The Bertz CT molecular complexity index is 933. The smallest absolute Gasteiger partial charge is 0.234 e. The molecule has 0 spiro atoms. The third kappa shape index (κ3) is 4.61. The van der Waals surface area contributed by atoms with E-state index < -0.39 is 0 Å². The third-order valence-electron chi connectivity index (χ3n) is 5.46. The molecule has 2 aromatic heterocycles. The molecule has 1 amide bonds. The number of ether oxygens (including phenoxy) is 1. The van der Waals surface area contributed by atoms with Crippen molar-refractivity contribution < 1.29 is 9.53 Å². The predicted molar refractivity (Wildman–Crippen MR) is 116 cm³/mol. The van der Waals surface area contributed by atoms with Gasteiger partial charge < -0.3 is 14.6 Å². The van der Waals surface area contributed by atoms with Gasteiger partial charge >= 0.3 is 0 Å². The highest BCUT2D eigenvalue weighted by Crippen LogP contribution is 2.27. The minimum absolute atomic E-state index is 0.0325. The second-order valence-electron chi connectivity index (χ2n) is 7.53. The summed E-state index contributed by atoms with van der Waals surface area (Å²) in [4.78, 5) is 16.4. The van der Waals surface area contributed by atoms with Crippen molar-refractivity contribution in [3.05, 3.63) is 81.8 Å². The Labute approximate surface area is 175 Å². The number of rotatable bonds is 6. The molecule has 0 aliphatic carbocycles. The molecule has 6 heteroatoms. The number of nitrogens with zero attached hydrogens (tertiary/aromatic N) is 2. The highest BCUT2D eigenvalue weighted by atomic mass is 32.1. The lowest BCUT2D eigenvalue weighted by Gasteiger charge is -2.35. The third-order valence-corrected chi connectivity index (χ3v) is 6.39. The van der Waals surface area contributed by atoms with Crippen LogP contribution in [0.3, 0.4) is 0 Å². The second-order valence-corrected chi connectivity index (χ2v) is 8.51. The van der Waals surface area contributed by atoms with E-state index in [2.05, 4.69) is 63.5 Å². The molecular weight excluding hydrogens is 382 g/mol. The van der Waals surface area contributed by atoms with E-state index in [0.29, 0.717) is 19.8 Å². The van der Waals surface area contributed by atoms with E-state index in [1.165, 1.54) is 11.3 Å². The first-order chi connectivity index (χ1) is 14.1. The number of aromatic nitrogens is 1. The number of benzene rings is 1. The molecule has 3 aromatic rings. The van der Waals surface area contributed by atoms with E-state index >= 15 is 0 Å². The zero-order valence-corrected chi connectivity index (χ0v) is 17.7. The van der Waals surface area contributed by atoms with Crippen molar-refractivity contribution >= 4 is 17.2 Å². The van der Waals surface area contributed by atoms with Crippen LogP contribution in [0.2, 0.25) is 0 Å². The van der Waals surface area contributed by atoms with Gasteiger partial charge in [-0.2, -0.15) is 0 Å². The Morgan fingerprint density at radius 1 is 1.24 bits per heavy atom. The highest BCUT2D eigenvalue weighted by Gasteiger charge is 2.29. The van der Waals surface area contributed by atoms with Crippen LogP contribution < -0.4 is 5.32 Å². The number of carbonyl (C=O) groups excluding carboxylic acids is 1. The molecular formula is C23H27N3O2S. The van der Waals surface area contributed by atoms with Gasteiger partial charge in [0.1, 0.15) is 0 Å². The lowest BCUT2D eigenvalue weighted by atomic mass is 10.0. The van der Waals surface area contributed by atoms with Gasteiger partial charge in [0.05, 0.1) is 31.8 Å². The van der Waals surface area contributed by atoms with Gasteiger partial charge in [-0.25, -0.2) is 0 Å². The van der Waals surface area contributed by atoms with Crippen molar-refractivity contribution in [2.75, 3.05) is 26.3 Å². The van der Waals surface area contributed by atoms with Crippen molar-refractivity contribution in [2.24, 2.45) is 7.05 Å². The van der Waals surface area contributed by atoms with Crippen LogP contribution in [0.5, 0.6) is 0 Å². The van der Waals surface area contributed by atoms with E-state index in [1.54, 1.807) is 11.3 Å². The number of hydrogen-bond donors (Lipinski definition) is 1. The number of aryl methyl sites for hydroxylation is 2. The molecule has 2 atom stereocenters. The molecule has 0 bridgehead atoms. The summed E-state index contributed by atoms with van der Waals surface area (Å²) in [5.41, 5.74) is 3.49. The monoisotopic (exact) mass is 409 g/mol. The Hall–Kier alpha value is -2.41. The van der Waals surface area contributed by atoms with Crippen LogP contribution in [-0.4, -0.2) is 41.7 Å². The fourth-order valence-electron chi connectivity index (χ4n) is 3.84. The summed E-state index contributed by atoms with van der Waals surface area (Å²) in [6.45, 7) is 4.44. The summed E-state index contributed by atoms with van der Waals surface area (Å²) in [5, 5.41) is 5.32. The molecule has 1 N–H and O–H groups in total. The van der Waals surface area contributed by atoms with Gasteiger partial charge in [0.25, 0.3) is 0 Å². The zero-order valence-electron chi connectivity index (χ0n) is 16.9. The molecule has 0 saturated carbocycles. The number of hydrogen-bond acceptors (Lipinski definition) is 4. The minimum atomic E-state index is -0.127. The standard InChI is InChI=1S/C23H27N3O2S/c1-17-7-9-18(10-8-17)23(21-6-4-14-29-21)24-22(27)15-26-12-13-28-16-20(26)19-5-3-11-25(19)2/h3-11,14,20,23H,12-13,15-16H2,1-2H3,(H,24,27). The molecule has 1 aromatic carbocycles. The van der Waals surface area contributed by atoms with Gasteiger partial charge in [-0.15, -0.1) is 11.3 Å². The number of morpholine rings is 1. The molecule has 3 heterocycles. The number of nitrogens with one attached hydrogen (secondary N) is 1. The van der Waals surface area contributed by atoms with Crippen molar-refractivity contribution in [3.8, 4) is 0 Å². The highest BCUT2D eigenvalue weighted by molar-refractivity contribution is 7.10. The topological polar surface area (TPSA) is 46.5 Å². The van der Waals surface area contributed by atoms with Crippen LogP contribution in [0.15, 0.2) is 60.1 Å². The molecule has 1 aliphatic heterocycles. The van der Waals surface area contributed by atoms with Gasteiger partial charge in [0, 0.05) is 30.4 Å². The van der Waals surface area contributed by atoms with E-state index in [-0.39, 0.29) is 18.0 Å². The SMILES string of the molecule is Cc1ccc(C(NC(=O)CN2CCOCC2c2cccn2C)c2cccs2)cc1. The fourth-order valence-corrected chi connectivity index (χ4v) is 4.65. The number of thiophene rings is 1. The normalized spacial score (nSPS) is 18.5. The summed E-state index contributed by atoms with van der Waals surface area (Å²) in [6.07, 6.45) is 2.03. The Balaban J connectivity index is 1.50. The maximum Gasteiger partial charge on any atom is 0.234 e. The summed E-state index contributed by atoms with van der Waals surface area (Å²) in [7, 11) is 2.03. The van der Waals surface area contributed by atoms with E-state index in [4.69, 9.17) is 4.74 Å². The van der Waals surface area contributed by atoms with E-state index in [1.807, 2.05) is 25.4 Å². The maximum atomic E-state index is 13.1. The van der Waals surface area contributed by atoms with Crippen LogP contribution in [0.4, 0.5) is 0 Å². The summed E-state index contributed by atoms with van der Waals surface area (Å²) >= 11 is 1.67. The summed E-state index contributed by atoms with van der Waals surface area (Å²) in [6, 6.07) is 16.6. The Kier molecular flexibility index (Phi) is 6.13. The molecule has 29 heavy (non-hydrogen) atoms. The first-order valence-electron chi connectivity index (χ1n) is 9.94. The van der Waals surface area contributed by atoms with Gasteiger partial charge in [-0.3, -0.25) is 9.69 Å². The molecule has 152 valence electrons. The van der Waals surface area contributed by atoms with Crippen LogP contribution in [0.25, 0.3) is 0 Å². The molecule has 1 fully saturated rings. The molecule has 0 radical (unpaired) electrons. The van der Waals surface area contributed by atoms with E-state index in [9.17, 15) is 4.79 Å². The van der Waals surface area contributed by atoms with Gasteiger partial charge in [-0.05, 0) is 36.1 Å². The van der Waals surface area contributed by atoms with Gasteiger partial charge in [-0.1, -0.05) is 35.9 Å². The first-order valence-corrected chi connectivity index (χ1v) is 10.8. The van der Waals surface area contributed by atoms with Crippen molar-refractivity contribution in [1.82, 2.24) is 14.8 Å². The fraction of sp³-hybridized carbons (Fsp3) is 0.348. The molecule has 1 saturated heterocycles. The number of amides is 1. The molecule has 5 nitrogen and oxygen atoms in total. The quantitative estimate of drug-likeness (QED) is 0.676. The summed E-state index contributed by atoms with van der Waals surface area (Å²) in [5.74, 6) is 0.0325. The Morgan fingerprint density at radius 3 is 2.76 bits per heavy atom. The molecule has 1 aliphatic rings. The predicted octanol–water partition coefficient (Wildman–Crippen LogP) is 3.67. The average Bonchev–Trinajstić information content (AvgIpc) is 3.39. The molecule has 4 rings (SSSR count). The first kappa shape index (κ1) is 19.9. The minimum Gasteiger partial charge on any atom is -0.378 e. The summed E-state index contributed by atoms with van der Waals surface area (Å²) < 4.78 is 7.81.